The molecule has 6 heteroatoms. The van der Waals surface area contributed by atoms with Crippen LogP contribution in [0, 0.1) is 0 Å². The summed E-state index contributed by atoms with van der Waals surface area (Å²) in [6.07, 6.45) is 0.255. The van der Waals surface area contributed by atoms with Gasteiger partial charge in [-0.3, -0.25) is 16.4 Å². The van der Waals surface area contributed by atoms with E-state index in [0.29, 0.717) is 6.04 Å². The second-order valence-electron chi connectivity index (χ2n) is 3.17. The molecule has 1 aliphatic heterocycles. The van der Waals surface area contributed by atoms with Gasteiger partial charge in [-0.05, 0) is 13.3 Å². The summed E-state index contributed by atoms with van der Waals surface area (Å²) in [5.41, 5.74) is 5.51. The monoisotopic (exact) mass is 187 g/mol. The van der Waals surface area contributed by atoms with Crippen molar-refractivity contribution in [3.8, 4) is 0 Å². The standard InChI is InChI=1S/C7H17N5O/c1-3-4(2)9-6-10-5(8)11-7(13)12-6/h4-6,9-10H,3,8H2,1-2H3,(H2,11,12,13). The summed E-state index contributed by atoms with van der Waals surface area (Å²) in [7, 11) is 0. The predicted molar refractivity (Wildman–Crippen MR) is 49.5 cm³/mol. The maximum absolute atomic E-state index is 11.0. The number of hydrogen-bond acceptors (Lipinski definition) is 4. The number of nitrogens with two attached hydrogens (primary N) is 1. The van der Waals surface area contributed by atoms with Gasteiger partial charge in [-0.25, -0.2) is 4.79 Å². The molecule has 0 spiro atoms. The summed E-state index contributed by atoms with van der Waals surface area (Å²) in [6.45, 7) is 4.11. The second-order valence-corrected chi connectivity index (χ2v) is 3.17. The summed E-state index contributed by atoms with van der Waals surface area (Å²) in [4.78, 5) is 11.0. The number of nitrogens with one attached hydrogen (secondary N) is 4. The first-order valence-corrected chi connectivity index (χ1v) is 4.46. The molecule has 0 aromatic rings. The van der Waals surface area contributed by atoms with E-state index in [9.17, 15) is 4.79 Å². The van der Waals surface area contributed by atoms with Gasteiger partial charge in [-0.2, -0.15) is 0 Å². The fraction of sp³-hybridized carbons (Fsp3) is 0.857. The Morgan fingerprint density at radius 2 is 2.31 bits per heavy atom. The van der Waals surface area contributed by atoms with Gasteiger partial charge in [0.05, 0.1) is 0 Å². The van der Waals surface area contributed by atoms with Gasteiger partial charge in [0.15, 0.2) is 0 Å². The van der Waals surface area contributed by atoms with Crippen molar-refractivity contribution in [1.29, 1.82) is 0 Å². The van der Waals surface area contributed by atoms with Gasteiger partial charge in [0.25, 0.3) is 0 Å². The van der Waals surface area contributed by atoms with Crippen LogP contribution in [-0.2, 0) is 0 Å². The highest BCUT2D eigenvalue weighted by molar-refractivity contribution is 5.75. The highest BCUT2D eigenvalue weighted by Gasteiger charge is 2.22. The first-order valence-electron chi connectivity index (χ1n) is 4.46. The van der Waals surface area contributed by atoms with Gasteiger partial charge in [0.1, 0.15) is 12.6 Å². The van der Waals surface area contributed by atoms with E-state index in [0.717, 1.165) is 6.42 Å². The van der Waals surface area contributed by atoms with Crippen molar-refractivity contribution in [2.45, 2.75) is 38.9 Å². The quantitative estimate of drug-likeness (QED) is 0.384. The molecular formula is C7H17N5O. The minimum Gasteiger partial charge on any atom is -0.310 e. The first kappa shape index (κ1) is 10.2. The number of carbonyl (C=O) groups is 1. The molecule has 0 aromatic carbocycles. The maximum atomic E-state index is 11.0. The highest BCUT2D eigenvalue weighted by Crippen LogP contribution is 1.90. The lowest BCUT2D eigenvalue weighted by Gasteiger charge is -2.32. The molecule has 6 nitrogen and oxygen atoms in total. The van der Waals surface area contributed by atoms with Crippen LogP contribution in [0.1, 0.15) is 20.3 Å². The van der Waals surface area contributed by atoms with Crippen LogP contribution in [0.4, 0.5) is 4.79 Å². The summed E-state index contributed by atoms with van der Waals surface area (Å²) < 4.78 is 0. The molecule has 0 aliphatic carbocycles. The normalized spacial score (nSPS) is 30.5. The second kappa shape index (κ2) is 4.40. The van der Waals surface area contributed by atoms with E-state index >= 15 is 0 Å². The lowest BCUT2D eigenvalue weighted by molar-refractivity contribution is 0.193. The molecule has 3 unspecified atom stereocenters. The van der Waals surface area contributed by atoms with E-state index in [1.165, 1.54) is 0 Å². The fourth-order valence-electron chi connectivity index (χ4n) is 1.07. The van der Waals surface area contributed by atoms with Crippen LogP contribution >= 0.6 is 0 Å². The molecule has 0 saturated carbocycles. The lowest BCUT2D eigenvalue weighted by Crippen LogP contribution is -2.72. The Morgan fingerprint density at radius 1 is 1.62 bits per heavy atom. The topological polar surface area (TPSA) is 91.2 Å². The third-order valence-corrected chi connectivity index (χ3v) is 1.97. The van der Waals surface area contributed by atoms with Gasteiger partial charge < -0.3 is 10.6 Å². The molecule has 0 radical (unpaired) electrons. The van der Waals surface area contributed by atoms with Crippen molar-refractivity contribution in [1.82, 2.24) is 21.3 Å². The Morgan fingerprint density at radius 3 is 2.85 bits per heavy atom. The summed E-state index contributed by atoms with van der Waals surface area (Å²) in [5, 5.41) is 11.2. The van der Waals surface area contributed by atoms with E-state index in [2.05, 4.69) is 28.2 Å². The largest absolute Gasteiger partial charge is 0.319 e. The lowest BCUT2D eigenvalue weighted by atomic mass is 10.3. The number of rotatable bonds is 3. The third-order valence-electron chi connectivity index (χ3n) is 1.97. The number of amides is 2. The van der Waals surface area contributed by atoms with Crippen LogP contribution in [-0.4, -0.2) is 24.7 Å². The predicted octanol–water partition coefficient (Wildman–Crippen LogP) is -1.20. The molecule has 1 heterocycles. The molecule has 0 aromatic heterocycles. The van der Waals surface area contributed by atoms with Crippen molar-refractivity contribution >= 4 is 6.03 Å². The van der Waals surface area contributed by atoms with Crippen LogP contribution in [0.2, 0.25) is 0 Å². The van der Waals surface area contributed by atoms with Crippen molar-refractivity contribution in [3.63, 3.8) is 0 Å². The smallest absolute Gasteiger partial charge is 0.310 e. The Balaban J connectivity index is 2.37. The highest BCUT2D eigenvalue weighted by atomic mass is 16.2. The average molecular weight is 187 g/mol. The molecule has 76 valence electrons. The minimum atomic E-state index is -0.490. The molecule has 13 heavy (non-hydrogen) atoms. The average Bonchev–Trinajstić information content (AvgIpc) is 2.02. The molecule has 1 saturated heterocycles. The molecule has 1 rings (SSSR count). The number of urea groups is 1. The third kappa shape index (κ3) is 3.17. The zero-order valence-electron chi connectivity index (χ0n) is 7.92. The van der Waals surface area contributed by atoms with E-state index in [1.807, 2.05) is 6.92 Å². The first-order chi connectivity index (χ1) is 6.11. The molecular weight excluding hydrogens is 170 g/mol. The molecule has 3 atom stereocenters. The van der Waals surface area contributed by atoms with E-state index in [-0.39, 0.29) is 12.3 Å². The van der Waals surface area contributed by atoms with E-state index < -0.39 is 6.29 Å². The maximum Gasteiger partial charge on any atom is 0.319 e. The van der Waals surface area contributed by atoms with Crippen LogP contribution in [0.25, 0.3) is 0 Å². The van der Waals surface area contributed by atoms with Crippen LogP contribution in [0.15, 0.2) is 0 Å². The summed E-state index contributed by atoms with van der Waals surface area (Å²) in [6, 6.07) is 0.0788. The van der Waals surface area contributed by atoms with Crippen molar-refractivity contribution in [3.05, 3.63) is 0 Å². The van der Waals surface area contributed by atoms with Gasteiger partial charge >= 0.3 is 6.03 Å². The van der Waals surface area contributed by atoms with Crippen LogP contribution in [0.5, 0.6) is 0 Å². The zero-order valence-corrected chi connectivity index (χ0v) is 7.92. The van der Waals surface area contributed by atoms with Gasteiger partial charge in [-0.15, -0.1) is 0 Å². The van der Waals surface area contributed by atoms with Crippen LogP contribution < -0.4 is 27.0 Å². The van der Waals surface area contributed by atoms with Crippen molar-refractivity contribution < 1.29 is 4.79 Å². The molecule has 1 aliphatic rings. The van der Waals surface area contributed by atoms with E-state index in [4.69, 9.17) is 5.73 Å². The molecule has 2 amide bonds. The zero-order chi connectivity index (χ0) is 9.84. The van der Waals surface area contributed by atoms with Crippen molar-refractivity contribution in [2.75, 3.05) is 0 Å². The van der Waals surface area contributed by atoms with Gasteiger partial charge in [-0.1, -0.05) is 6.92 Å². The van der Waals surface area contributed by atoms with Gasteiger partial charge in [0.2, 0.25) is 0 Å². The summed E-state index contributed by atoms with van der Waals surface area (Å²) >= 11 is 0. The fourth-order valence-corrected chi connectivity index (χ4v) is 1.07. The number of carbonyl (C=O) groups excluding carboxylic acids is 1. The Labute approximate surface area is 77.6 Å². The molecule has 6 N–H and O–H groups in total. The minimum absolute atomic E-state index is 0.251. The molecule has 1 fully saturated rings. The van der Waals surface area contributed by atoms with Crippen molar-refractivity contribution in [2.24, 2.45) is 5.73 Å². The SMILES string of the molecule is CCC(C)NC1NC(=O)NC(N)N1. The van der Waals surface area contributed by atoms with Gasteiger partial charge in [0, 0.05) is 6.04 Å². The Kier molecular flexibility index (Phi) is 3.47. The van der Waals surface area contributed by atoms with Crippen LogP contribution in [0.3, 0.4) is 0 Å². The number of hydrogen-bond donors (Lipinski definition) is 5. The summed E-state index contributed by atoms with van der Waals surface area (Å²) in [5.74, 6) is 0. The van der Waals surface area contributed by atoms with E-state index in [1.54, 1.807) is 0 Å². The molecule has 0 bridgehead atoms. The Hall–Kier alpha value is -0.850. The Bertz CT molecular complexity index is 186.